The molecule has 0 saturated heterocycles. The second kappa shape index (κ2) is 6.09. The zero-order valence-electron chi connectivity index (χ0n) is 7.99. The summed E-state index contributed by atoms with van der Waals surface area (Å²) < 4.78 is 4.54. The molecule has 0 aromatic rings. The van der Waals surface area contributed by atoms with Crippen molar-refractivity contribution in [3.05, 3.63) is 0 Å². The zero-order valence-corrected chi connectivity index (χ0v) is 7.99. The van der Waals surface area contributed by atoms with Crippen molar-refractivity contribution in [2.45, 2.75) is 25.8 Å². The predicted octanol–water partition coefficient (Wildman–Crippen LogP) is -1.29. The number of Topliss-reactive ketones (excluding diaryl/α,β-unsaturated/α-hetero) is 1. The maximum atomic E-state index is 10.6. The fraction of sp³-hybridized carbons (Fsp3) is 0.625. The Morgan fingerprint density at radius 3 is 2.36 bits per heavy atom. The Balaban J connectivity index is 3.52. The minimum Gasteiger partial charge on any atom is -0.460 e. The first kappa shape index (κ1) is 12.6. The van der Waals surface area contributed by atoms with Crippen LogP contribution in [0.25, 0.3) is 0 Å². The summed E-state index contributed by atoms with van der Waals surface area (Å²) in [6.07, 6.45) is 0.740. The Bertz CT molecular complexity index is 239. The lowest BCUT2D eigenvalue weighted by Crippen LogP contribution is -2.36. The average molecular weight is 202 g/mol. The van der Waals surface area contributed by atoms with Gasteiger partial charge >= 0.3 is 5.97 Å². The Kier molecular flexibility index (Phi) is 5.47. The van der Waals surface area contributed by atoms with Crippen molar-refractivity contribution in [3.63, 3.8) is 0 Å². The molecule has 0 aromatic carbocycles. The first-order valence-corrected chi connectivity index (χ1v) is 4.17. The summed E-state index contributed by atoms with van der Waals surface area (Å²) in [6, 6.07) is -0.731. The van der Waals surface area contributed by atoms with Gasteiger partial charge in [0.2, 0.25) is 11.7 Å². The summed E-state index contributed by atoms with van der Waals surface area (Å²) in [7, 11) is 0. The van der Waals surface area contributed by atoms with Crippen molar-refractivity contribution in [2.24, 2.45) is 11.5 Å². The van der Waals surface area contributed by atoms with E-state index in [2.05, 4.69) is 4.74 Å². The molecule has 6 nitrogen and oxygen atoms in total. The molecule has 0 rings (SSSR count). The van der Waals surface area contributed by atoms with Crippen LogP contribution in [-0.2, 0) is 19.1 Å². The highest BCUT2D eigenvalue weighted by molar-refractivity contribution is 6.32. The van der Waals surface area contributed by atoms with E-state index in [1.807, 2.05) is 0 Å². The number of esters is 1. The van der Waals surface area contributed by atoms with Crippen LogP contribution in [0.1, 0.15) is 19.8 Å². The van der Waals surface area contributed by atoms with Crippen molar-refractivity contribution in [2.75, 3.05) is 6.61 Å². The molecule has 1 unspecified atom stereocenters. The summed E-state index contributed by atoms with van der Waals surface area (Å²) in [5.74, 6) is -2.12. The van der Waals surface area contributed by atoms with Crippen LogP contribution in [0.15, 0.2) is 0 Å². The summed E-state index contributed by atoms with van der Waals surface area (Å²) in [5, 5.41) is 0. The molecule has 6 heteroatoms. The van der Waals surface area contributed by atoms with Crippen LogP contribution in [0.3, 0.4) is 0 Å². The number of hydrogen-bond acceptors (Lipinski definition) is 5. The van der Waals surface area contributed by atoms with Gasteiger partial charge in [0.25, 0.3) is 0 Å². The number of nitrogens with two attached hydrogens (primary N) is 2. The molecular formula is C8H14N2O4. The van der Waals surface area contributed by atoms with Gasteiger partial charge in [-0.2, -0.15) is 0 Å². The summed E-state index contributed by atoms with van der Waals surface area (Å²) in [6.45, 7) is 1.19. The average Bonchev–Trinajstić information content (AvgIpc) is 2.11. The summed E-state index contributed by atoms with van der Waals surface area (Å²) in [5.41, 5.74) is 10.2. The van der Waals surface area contributed by atoms with Crippen LogP contribution in [0, 0.1) is 0 Å². The standard InChI is InChI=1S/C8H14N2O4/c1-5(11)8(13)14-4-2-3-6(9)7(10)12/h6H,2-4,9H2,1H3,(H2,10,12). The van der Waals surface area contributed by atoms with E-state index in [9.17, 15) is 14.4 Å². The van der Waals surface area contributed by atoms with E-state index in [-0.39, 0.29) is 6.61 Å². The van der Waals surface area contributed by atoms with Crippen LogP contribution < -0.4 is 11.5 Å². The molecule has 0 saturated carbocycles. The maximum absolute atomic E-state index is 10.6. The SMILES string of the molecule is CC(=O)C(=O)OCCCC(N)C(N)=O. The molecule has 4 N–H and O–H groups in total. The fourth-order valence-corrected chi connectivity index (χ4v) is 0.712. The van der Waals surface area contributed by atoms with Gasteiger partial charge in [-0.05, 0) is 12.8 Å². The third-order valence-corrected chi connectivity index (χ3v) is 1.55. The van der Waals surface area contributed by atoms with Crippen molar-refractivity contribution in [3.8, 4) is 0 Å². The molecule has 0 aliphatic carbocycles. The van der Waals surface area contributed by atoms with Crippen LogP contribution in [0.2, 0.25) is 0 Å². The largest absolute Gasteiger partial charge is 0.460 e. The number of primary amides is 1. The molecule has 0 heterocycles. The number of carbonyl (C=O) groups excluding carboxylic acids is 3. The third kappa shape index (κ3) is 5.26. The smallest absolute Gasteiger partial charge is 0.374 e. The highest BCUT2D eigenvalue weighted by atomic mass is 16.5. The zero-order chi connectivity index (χ0) is 11.1. The third-order valence-electron chi connectivity index (χ3n) is 1.55. The van der Waals surface area contributed by atoms with Crippen molar-refractivity contribution in [1.29, 1.82) is 0 Å². The van der Waals surface area contributed by atoms with Gasteiger partial charge in [0.05, 0.1) is 12.6 Å². The van der Waals surface area contributed by atoms with Crippen LogP contribution in [-0.4, -0.2) is 30.3 Å². The van der Waals surface area contributed by atoms with E-state index in [1.54, 1.807) is 0 Å². The molecule has 1 amide bonds. The van der Waals surface area contributed by atoms with Crippen molar-refractivity contribution >= 4 is 17.7 Å². The Labute approximate surface area is 81.6 Å². The lowest BCUT2D eigenvalue weighted by Gasteiger charge is -2.06. The molecule has 0 spiro atoms. The minimum atomic E-state index is -0.877. The quantitative estimate of drug-likeness (QED) is 0.316. The van der Waals surface area contributed by atoms with Gasteiger partial charge in [-0.15, -0.1) is 0 Å². The van der Waals surface area contributed by atoms with Gasteiger partial charge in [-0.3, -0.25) is 9.59 Å². The van der Waals surface area contributed by atoms with Gasteiger partial charge in [0.1, 0.15) is 0 Å². The van der Waals surface area contributed by atoms with Gasteiger partial charge in [-0.1, -0.05) is 0 Å². The Morgan fingerprint density at radius 1 is 1.36 bits per heavy atom. The molecule has 1 atom stereocenters. The first-order chi connectivity index (χ1) is 6.45. The van der Waals surface area contributed by atoms with E-state index in [0.717, 1.165) is 6.92 Å². The number of carbonyl (C=O) groups is 3. The highest BCUT2D eigenvalue weighted by Crippen LogP contribution is 1.95. The van der Waals surface area contributed by atoms with E-state index in [1.165, 1.54) is 0 Å². The summed E-state index contributed by atoms with van der Waals surface area (Å²) >= 11 is 0. The number of ether oxygens (including phenoxy) is 1. The number of hydrogen-bond donors (Lipinski definition) is 2. The lowest BCUT2D eigenvalue weighted by atomic mass is 10.2. The molecule has 0 fully saturated rings. The Hall–Kier alpha value is -1.43. The predicted molar refractivity (Wildman–Crippen MR) is 48.0 cm³/mol. The minimum absolute atomic E-state index is 0.0688. The molecule has 14 heavy (non-hydrogen) atoms. The topological polar surface area (TPSA) is 112 Å². The van der Waals surface area contributed by atoms with E-state index < -0.39 is 23.7 Å². The second-order valence-electron chi connectivity index (χ2n) is 2.84. The van der Waals surface area contributed by atoms with Gasteiger partial charge in [0.15, 0.2) is 0 Å². The molecule has 0 bridgehead atoms. The van der Waals surface area contributed by atoms with Crippen LogP contribution >= 0.6 is 0 Å². The van der Waals surface area contributed by atoms with Gasteiger partial charge in [0, 0.05) is 6.92 Å². The van der Waals surface area contributed by atoms with Crippen molar-refractivity contribution in [1.82, 2.24) is 0 Å². The van der Waals surface area contributed by atoms with Crippen LogP contribution in [0.5, 0.6) is 0 Å². The fourth-order valence-electron chi connectivity index (χ4n) is 0.712. The summed E-state index contributed by atoms with van der Waals surface area (Å²) in [4.78, 5) is 31.5. The molecule has 0 aromatic heterocycles. The molecule has 0 radical (unpaired) electrons. The van der Waals surface area contributed by atoms with E-state index in [0.29, 0.717) is 12.8 Å². The normalized spacial score (nSPS) is 11.9. The maximum Gasteiger partial charge on any atom is 0.374 e. The molecule has 0 aliphatic heterocycles. The lowest BCUT2D eigenvalue weighted by molar-refractivity contribution is -0.153. The van der Waals surface area contributed by atoms with Gasteiger partial charge < -0.3 is 16.2 Å². The number of rotatable bonds is 6. The number of ketones is 1. The van der Waals surface area contributed by atoms with Gasteiger partial charge in [-0.25, -0.2) is 4.79 Å². The van der Waals surface area contributed by atoms with E-state index >= 15 is 0 Å². The molecule has 0 aliphatic rings. The highest BCUT2D eigenvalue weighted by Gasteiger charge is 2.11. The number of amides is 1. The Morgan fingerprint density at radius 2 is 1.93 bits per heavy atom. The van der Waals surface area contributed by atoms with Crippen LogP contribution in [0.4, 0.5) is 0 Å². The molecular weight excluding hydrogens is 188 g/mol. The van der Waals surface area contributed by atoms with E-state index in [4.69, 9.17) is 11.5 Å². The first-order valence-electron chi connectivity index (χ1n) is 4.17. The van der Waals surface area contributed by atoms with Crippen molar-refractivity contribution < 1.29 is 19.1 Å². The monoisotopic (exact) mass is 202 g/mol. The molecule has 80 valence electrons. The second-order valence-corrected chi connectivity index (χ2v) is 2.84.